The number of primary amides is 1. The van der Waals surface area contributed by atoms with E-state index in [9.17, 15) is 4.79 Å². The van der Waals surface area contributed by atoms with Gasteiger partial charge < -0.3 is 22.9 Å². The number of aromatic nitrogens is 1. The number of thiophene rings is 1. The third kappa shape index (κ3) is 4.29. The Balaban J connectivity index is 1.55. The van der Waals surface area contributed by atoms with Crippen LogP contribution in [0.5, 0.6) is 0 Å². The number of hydrogen-bond donors (Lipinski definition) is 4. The van der Waals surface area contributed by atoms with Crippen LogP contribution in [0.3, 0.4) is 0 Å². The van der Waals surface area contributed by atoms with Crippen molar-refractivity contribution in [1.82, 2.24) is 4.98 Å². The molecule has 0 bridgehead atoms. The van der Waals surface area contributed by atoms with E-state index < -0.39 is 6.03 Å². The summed E-state index contributed by atoms with van der Waals surface area (Å²) in [7, 11) is 0. The molecule has 0 aliphatic heterocycles. The molecule has 0 unspecified atom stereocenters. The maximum Gasteiger partial charge on any atom is 0.323 e. The van der Waals surface area contributed by atoms with Crippen molar-refractivity contribution < 1.29 is 4.79 Å². The maximum atomic E-state index is 12.3. The average Bonchev–Trinajstić information content (AvgIpc) is 3.35. The van der Waals surface area contributed by atoms with Crippen LogP contribution in [0.25, 0.3) is 32.3 Å². The number of nitrogens with zero attached hydrogens (tertiary/aromatic N) is 2. The minimum Gasteiger partial charge on any atom is -0.383 e. The lowest BCUT2D eigenvalue weighted by Gasteiger charge is -2.21. The van der Waals surface area contributed by atoms with Crippen LogP contribution in [0, 0.1) is 0 Å². The molecule has 8 heteroatoms. The second-order valence-electron chi connectivity index (χ2n) is 8.41. The normalized spacial score (nSPS) is 11.1. The molecule has 0 saturated carbocycles. The molecule has 8 N–H and O–H groups in total. The highest BCUT2D eigenvalue weighted by atomic mass is 32.1. The van der Waals surface area contributed by atoms with Crippen LogP contribution in [0.15, 0.2) is 84.4 Å². The first-order valence-electron chi connectivity index (χ1n) is 11.4. The predicted molar refractivity (Wildman–Crippen MR) is 149 cm³/mol. The lowest BCUT2D eigenvalue weighted by Crippen LogP contribution is -2.31. The van der Waals surface area contributed by atoms with Gasteiger partial charge in [0.25, 0.3) is 0 Å². The van der Waals surface area contributed by atoms with E-state index >= 15 is 0 Å². The van der Waals surface area contributed by atoms with Gasteiger partial charge in [-0.15, -0.1) is 11.3 Å². The lowest BCUT2D eigenvalue weighted by atomic mass is 10.00. The molecule has 36 heavy (non-hydrogen) atoms. The maximum absolute atomic E-state index is 12.3. The Morgan fingerprint density at radius 3 is 2.22 bits per heavy atom. The molecule has 2 aromatic heterocycles. The van der Waals surface area contributed by atoms with Gasteiger partial charge >= 0.3 is 6.03 Å². The summed E-state index contributed by atoms with van der Waals surface area (Å²) < 4.78 is 1.06. The second-order valence-corrected chi connectivity index (χ2v) is 9.29. The molecule has 0 saturated heterocycles. The standard InChI is InChI=1S/C28H26N6OS/c29-13-17-3-1-5-20(11-17)23-15-33-27(31)25-24(16-36-26(23)25)19-7-9-21(10-8-19)34(28(32)35)22-6-2-4-18(12-22)14-30/h1-12,15-16H,13-14,29-30H2,(H2,31,33)(H2,32,35). The fourth-order valence-electron chi connectivity index (χ4n) is 4.37. The minimum atomic E-state index is -0.573. The average molecular weight is 495 g/mol. The zero-order chi connectivity index (χ0) is 25.2. The highest BCUT2D eigenvalue weighted by Gasteiger charge is 2.18. The van der Waals surface area contributed by atoms with Crippen molar-refractivity contribution in [1.29, 1.82) is 0 Å². The van der Waals surface area contributed by atoms with Gasteiger partial charge in [-0.25, -0.2) is 9.78 Å². The molecule has 0 aliphatic rings. The second kappa shape index (κ2) is 9.79. The number of rotatable bonds is 6. The number of urea groups is 1. The van der Waals surface area contributed by atoms with Crippen molar-refractivity contribution in [3.8, 4) is 22.3 Å². The van der Waals surface area contributed by atoms with E-state index in [-0.39, 0.29) is 0 Å². The van der Waals surface area contributed by atoms with Crippen molar-refractivity contribution in [2.24, 2.45) is 17.2 Å². The molecule has 0 fully saturated rings. The molecule has 180 valence electrons. The van der Waals surface area contributed by atoms with E-state index in [4.69, 9.17) is 22.9 Å². The van der Waals surface area contributed by atoms with E-state index in [1.165, 1.54) is 4.90 Å². The Morgan fingerprint density at radius 2 is 1.53 bits per heavy atom. The molecule has 5 rings (SSSR count). The summed E-state index contributed by atoms with van der Waals surface area (Å²) in [6.45, 7) is 0.846. The summed E-state index contributed by atoms with van der Waals surface area (Å²) in [5.74, 6) is 0.474. The van der Waals surface area contributed by atoms with Crippen LogP contribution in [-0.4, -0.2) is 11.0 Å². The molecule has 0 aliphatic carbocycles. The van der Waals surface area contributed by atoms with Crippen molar-refractivity contribution in [2.45, 2.75) is 13.1 Å². The summed E-state index contributed by atoms with van der Waals surface area (Å²) in [5, 5.41) is 3.00. The largest absolute Gasteiger partial charge is 0.383 e. The van der Waals surface area contributed by atoms with Gasteiger partial charge in [0.05, 0.1) is 11.4 Å². The number of nitrogen functional groups attached to an aromatic ring is 1. The molecular weight excluding hydrogens is 468 g/mol. The summed E-state index contributed by atoms with van der Waals surface area (Å²) in [6.07, 6.45) is 1.82. The number of fused-ring (bicyclic) bond motifs is 1. The van der Waals surface area contributed by atoms with Crippen molar-refractivity contribution in [2.75, 3.05) is 10.6 Å². The van der Waals surface area contributed by atoms with E-state index in [2.05, 4.69) is 22.5 Å². The molecular formula is C28H26N6OS. The van der Waals surface area contributed by atoms with Crippen LogP contribution < -0.4 is 27.8 Å². The van der Waals surface area contributed by atoms with Crippen LogP contribution in [-0.2, 0) is 13.1 Å². The van der Waals surface area contributed by atoms with Gasteiger partial charge in [-0.2, -0.15) is 0 Å². The summed E-state index contributed by atoms with van der Waals surface area (Å²) in [6, 6.07) is 22.7. The van der Waals surface area contributed by atoms with Crippen LogP contribution in [0.2, 0.25) is 0 Å². The molecule has 2 amide bonds. The fourth-order valence-corrected chi connectivity index (χ4v) is 5.49. The van der Waals surface area contributed by atoms with E-state index in [0.29, 0.717) is 30.3 Å². The van der Waals surface area contributed by atoms with Gasteiger partial charge in [-0.3, -0.25) is 4.90 Å². The van der Waals surface area contributed by atoms with E-state index in [1.54, 1.807) is 11.3 Å². The van der Waals surface area contributed by atoms with Crippen molar-refractivity contribution in [3.05, 3.63) is 95.5 Å². The highest BCUT2D eigenvalue weighted by Crippen LogP contribution is 2.42. The minimum absolute atomic E-state index is 0.374. The van der Waals surface area contributed by atoms with Gasteiger partial charge in [-0.1, -0.05) is 42.5 Å². The summed E-state index contributed by atoms with van der Waals surface area (Å²) in [4.78, 5) is 18.3. The Kier molecular flexibility index (Phi) is 6.39. The number of nitrogens with two attached hydrogens (primary N) is 4. The fraction of sp³-hybridized carbons (Fsp3) is 0.0714. The van der Waals surface area contributed by atoms with Gasteiger partial charge in [0.2, 0.25) is 0 Å². The molecule has 0 atom stereocenters. The Morgan fingerprint density at radius 1 is 0.833 bits per heavy atom. The SMILES string of the molecule is NCc1cccc(-c2cnc(N)c3c(-c4ccc(N(C(N)=O)c5cccc(CN)c5)cc4)csc23)c1. The van der Waals surface area contributed by atoms with Gasteiger partial charge in [-0.05, 0) is 58.0 Å². The monoisotopic (exact) mass is 494 g/mol. The number of anilines is 3. The van der Waals surface area contributed by atoms with Gasteiger partial charge in [0, 0.05) is 40.5 Å². The molecule has 7 nitrogen and oxygen atoms in total. The number of carbonyl (C=O) groups excluding carboxylic acids is 1. The quantitative estimate of drug-likeness (QED) is 0.252. The van der Waals surface area contributed by atoms with E-state index in [1.807, 2.05) is 66.9 Å². The predicted octanol–water partition coefficient (Wildman–Crippen LogP) is 5.35. The Labute approximate surface area is 213 Å². The summed E-state index contributed by atoms with van der Waals surface area (Å²) in [5.41, 5.74) is 31.0. The van der Waals surface area contributed by atoms with E-state index in [0.717, 1.165) is 43.5 Å². The van der Waals surface area contributed by atoms with Crippen LogP contribution >= 0.6 is 11.3 Å². The molecule has 2 heterocycles. The third-order valence-electron chi connectivity index (χ3n) is 6.16. The zero-order valence-electron chi connectivity index (χ0n) is 19.5. The highest BCUT2D eigenvalue weighted by molar-refractivity contribution is 7.18. The van der Waals surface area contributed by atoms with Crippen LogP contribution in [0.4, 0.5) is 22.0 Å². The smallest absolute Gasteiger partial charge is 0.323 e. The van der Waals surface area contributed by atoms with Crippen LogP contribution in [0.1, 0.15) is 11.1 Å². The van der Waals surface area contributed by atoms with Crippen molar-refractivity contribution in [3.63, 3.8) is 0 Å². The number of carbonyl (C=O) groups is 1. The molecule has 5 aromatic rings. The topological polar surface area (TPSA) is 137 Å². The number of hydrogen-bond acceptors (Lipinski definition) is 6. The first-order valence-corrected chi connectivity index (χ1v) is 12.3. The summed E-state index contributed by atoms with van der Waals surface area (Å²) >= 11 is 1.63. The third-order valence-corrected chi connectivity index (χ3v) is 7.17. The first-order chi connectivity index (χ1) is 17.5. The molecule has 0 radical (unpaired) electrons. The van der Waals surface area contributed by atoms with Crippen molar-refractivity contribution >= 4 is 44.6 Å². The van der Waals surface area contributed by atoms with Gasteiger partial charge in [0.1, 0.15) is 5.82 Å². The first kappa shape index (κ1) is 23.5. The Bertz CT molecular complexity index is 1560. The molecule has 0 spiro atoms. The zero-order valence-corrected chi connectivity index (χ0v) is 20.3. The number of benzene rings is 3. The number of pyridine rings is 1. The number of amides is 2. The van der Waals surface area contributed by atoms with Gasteiger partial charge in [0.15, 0.2) is 0 Å². The Hall–Kier alpha value is -4.24. The molecule has 3 aromatic carbocycles. The lowest BCUT2D eigenvalue weighted by molar-refractivity contribution is 0.256.